The van der Waals surface area contributed by atoms with Crippen molar-refractivity contribution in [3.8, 4) is 0 Å². The Morgan fingerprint density at radius 3 is 2.50 bits per heavy atom. The van der Waals surface area contributed by atoms with E-state index in [9.17, 15) is 14.7 Å². The van der Waals surface area contributed by atoms with E-state index in [4.69, 9.17) is 0 Å². The van der Waals surface area contributed by atoms with E-state index in [1.54, 1.807) is 6.92 Å². The molecule has 3 heteroatoms. The first kappa shape index (κ1) is 7.25. The molecule has 1 unspecified atom stereocenters. The SMILES string of the molecule is CC1(C(=O)[O-])CCC(=O)C1. The smallest absolute Gasteiger partial charge is 0.133 e. The number of carboxylic acid groups (broad SMARTS) is 1. The van der Waals surface area contributed by atoms with E-state index in [2.05, 4.69) is 0 Å². The van der Waals surface area contributed by atoms with Crippen LogP contribution < -0.4 is 5.11 Å². The number of hydrogen-bond acceptors (Lipinski definition) is 3. The van der Waals surface area contributed by atoms with Gasteiger partial charge in [-0.15, -0.1) is 0 Å². The van der Waals surface area contributed by atoms with E-state index in [1.807, 2.05) is 0 Å². The lowest BCUT2D eigenvalue weighted by molar-refractivity contribution is -0.318. The van der Waals surface area contributed by atoms with Gasteiger partial charge in [0, 0.05) is 24.2 Å². The van der Waals surface area contributed by atoms with Gasteiger partial charge < -0.3 is 9.90 Å². The molecule has 0 spiro atoms. The molecule has 1 atom stereocenters. The highest BCUT2D eigenvalue weighted by molar-refractivity contribution is 5.88. The molecule has 0 bridgehead atoms. The van der Waals surface area contributed by atoms with E-state index < -0.39 is 11.4 Å². The highest BCUT2D eigenvalue weighted by Crippen LogP contribution is 2.34. The Hall–Kier alpha value is -0.860. The molecule has 10 heavy (non-hydrogen) atoms. The molecule has 1 rings (SSSR count). The van der Waals surface area contributed by atoms with Crippen LogP contribution in [0, 0.1) is 5.41 Å². The van der Waals surface area contributed by atoms with Crippen molar-refractivity contribution >= 4 is 11.8 Å². The third-order valence-corrected chi connectivity index (χ3v) is 2.04. The van der Waals surface area contributed by atoms with Gasteiger partial charge in [0.2, 0.25) is 0 Å². The maximum absolute atomic E-state index is 10.7. The summed E-state index contributed by atoms with van der Waals surface area (Å²) >= 11 is 0. The van der Waals surface area contributed by atoms with Crippen LogP contribution in [0.25, 0.3) is 0 Å². The van der Waals surface area contributed by atoms with Crippen LogP contribution in [0.15, 0.2) is 0 Å². The maximum Gasteiger partial charge on any atom is 0.133 e. The van der Waals surface area contributed by atoms with Crippen molar-refractivity contribution < 1.29 is 14.7 Å². The summed E-state index contributed by atoms with van der Waals surface area (Å²) in [7, 11) is 0. The molecule has 0 aromatic heterocycles. The molecule has 0 heterocycles. The second-order valence-electron chi connectivity index (χ2n) is 3.06. The van der Waals surface area contributed by atoms with Gasteiger partial charge in [-0.05, 0) is 6.42 Å². The number of carbonyl (C=O) groups excluding carboxylic acids is 2. The summed E-state index contributed by atoms with van der Waals surface area (Å²) in [5.41, 5.74) is -0.878. The number of aliphatic carboxylic acids is 1. The zero-order chi connectivity index (χ0) is 7.78. The molecule has 0 saturated heterocycles. The number of carbonyl (C=O) groups is 2. The summed E-state index contributed by atoms with van der Waals surface area (Å²) in [6.07, 6.45) is 0.980. The van der Waals surface area contributed by atoms with Crippen LogP contribution in [0.2, 0.25) is 0 Å². The number of ketones is 1. The summed E-state index contributed by atoms with van der Waals surface area (Å²) in [6.45, 7) is 1.56. The van der Waals surface area contributed by atoms with Gasteiger partial charge in [-0.3, -0.25) is 4.79 Å². The summed E-state index contributed by atoms with van der Waals surface area (Å²) in [4.78, 5) is 21.1. The fourth-order valence-electron chi connectivity index (χ4n) is 1.20. The lowest BCUT2D eigenvalue weighted by Crippen LogP contribution is -2.38. The quantitative estimate of drug-likeness (QED) is 0.494. The molecule has 0 N–H and O–H groups in total. The minimum Gasteiger partial charge on any atom is -0.550 e. The molecule has 0 radical (unpaired) electrons. The van der Waals surface area contributed by atoms with Crippen LogP contribution in [-0.2, 0) is 9.59 Å². The zero-order valence-corrected chi connectivity index (χ0v) is 5.85. The van der Waals surface area contributed by atoms with Gasteiger partial charge >= 0.3 is 0 Å². The van der Waals surface area contributed by atoms with Crippen molar-refractivity contribution in [2.24, 2.45) is 5.41 Å². The van der Waals surface area contributed by atoms with E-state index >= 15 is 0 Å². The van der Waals surface area contributed by atoms with E-state index in [0.717, 1.165) is 0 Å². The van der Waals surface area contributed by atoms with E-state index in [-0.39, 0.29) is 12.2 Å². The average molecular weight is 141 g/mol. The van der Waals surface area contributed by atoms with Crippen LogP contribution in [0.3, 0.4) is 0 Å². The highest BCUT2D eigenvalue weighted by atomic mass is 16.4. The van der Waals surface area contributed by atoms with Crippen LogP contribution >= 0.6 is 0 Å². The van der Waals surface area contributed by atoms with E-state index in [1.165, 1.54) is 0 Å². The topological polar surface area (TPSA) is 57.2 Å². The largest absolute Gasteiger partial charge is 0.550 e. The molecule has 0 amide bonds. The van der Waals surface area contributed by atoms with Crippen LogP contribution in [0.5, 0.6) is 0 Å². The minimum atomic E-state index is -1.10. The highest BCUT2D eigenvalue weighted by Gasteiger charge is 2.34. The molecular formula is C7H9O3-. The number of rotatable bonds is 1. The second kappa shape index (κ2) is 2.08. The molecule has 1 saturated carbocycles. The molecule has 0 aromatic rings. The van der Waals surface area contributed by atoms with Gasteiger partial charge in [-0.2, -0.15) is 0 Å². The summed E-state index contributed by atoms with van der Waals surface area (Å²) in [6, 6.07) is 0. The van der Waals surface area contributed by atoms with Crippen molar-refractivity contribution in [3.05, 3.63) is 0 Å². The Labute approximate surface area is 59.0 Å². The fraction of sp³-hybridized carbons (Fsp3) is 0.714. The predicted molar refractivity (Wildman–Crippen MR) is 32.0 cm³/mol. The number of Topliss-reactive ketones (excluding diaryl/α,β-unsaturated/α-hetero) is 1. The first-order valence-electron chi connectivity index (χ1n) is 3.28. The average Bonchev–Trinajstić information content (AvgIpc) is 2.13. The Morgan fingerprint density at radius 1 is 1.70 bits per heavy atom. The molecule has 1 aliphatic carbocycles. The molecule has 0 aliphatic heterocycles. The molecule has 56 valence electrons. The van der Waals surface area contributed by atoms with Gasteiger partial charge in [0.1, 0.15) is 5.78 Å². The fourth-order valence-corrected chi connectivity index (χ4v) is 1.20. The van der Waals surface area contributed by atoms with Crippen molar-refractivity contribution in [3.63, 3.8) is 0 Å². The van der Waals surface area contributed by atoms with Gasteiger partial charge in [0.15, 0.2) is 0 Å². The van der Waals surface area contributed by atoms with Crippen LogP contribution in [0.1, 0.15) is 26.2 Å². The molecule has 1 aliphatic rings. The Kier molecular flexibility index (Phi) is 1.50. The Morgan fingerprint density at radius 2 is 2.30 bits per heavy atom. The molecule has 1 fully saturated rings. The van der Waals surface area contributed by atoms with Gasteiger partial charge in [0.05, 0.1) is 0 Å². The van der Waals surface area contributed by atoms with Crippen LogP contribution in [-0.4, -0.2) is 11.8 Å². The third kappa shape index (κ3) is 1.03. The lowest BCUT2D eigenvalue weighted by atomic mass is 9.89. The first-order valence-corrected chi connectivity index (χ1v) is 3.28. The zero-order valence-electron chi connectivity index (χ0n) is 5.85. The van der Waals surface area contributed by atoms with Crippen molar-refractivity contribution in [1.82, 2.24) is 0 Å². The molecular weight excluding hydrogens is 132 g/mol. The Bertz CT molecular complexity index is 185. The lowest BCUT2D eigenvalue weighted by Gasteiger charge is -2.22. The monoisotopic (exact) mass is 141 g/mol. The van der Waals surface area contributed by atoms with Gasteiger partial charge in [-0.1, -0.05) is 6.92 Å². The maximum atomic E-state index is 10.7. The standard InChI is InChI=1S/C7H10O3/c1-7(6(9)10)3-2-5(8)4-7/h2-4H2,1H3,(H,9,10)/p-1. The van der Waals surface area contributed by atoms with Crippen molar-refractivity contribution in [2.45, 2.75) is 26.2 Å². The van der Waals surface area contributed by atoms with Crippen molar-refractivity contribution in [1.29, 1.82) is 0 Å². The third-order valence-electron chi connectivity index (χ3n) is 2.04. The number of hydrogen-bond donors (Lipinski definition) is 0. The van der Waals surface area contributed by atoms with Gasteiger partial charge in [0.25, 0.3) is 0 Å². The van der Waals surface area contributed by atoms with Crippen LogP contribution in [0.4, 0.5) is 0 Å². The number of carboxylic acids is 1. The van der Waals surface area contributed by atoms with E-state index in [0.29, 0.717) is 12.8 Å². The first-order chi connectivity index (χ1) is 4.54. The molecule has 0 aromatic carbocycles. The summed E-state index contributed by atoms with van der Waals surface area (Å²) < 4.78 is 0. The van der Waals surface area contributed by atoms with Gasteiger partial charge in [-0.25, -0.2) is 0 Å². The van der Waals surface area contributed by atoms with Crippen molar-refractivity contribution in [2.75, 3.05) is 0 Å². The summed E-state index contributed by atoms with van der Waals surface area (Å²) in [5.74, 6) is -1.06. The molecule has 3 nitrogen and oxygen atoms in total. The predicted octanol–water partition coefficient (Wildman–Crippen LogP) is -0.504. The second-order valence-corrected chi connectivity index (χ2v) is 3.06. The minimum absolute atomic E-state index is 0.0340. The normalized spacial score (nSPS) is 32.7. The summed E-state index contributed by atoms with van der Waals surface area (Å²) in [5, 5.41) is 10.4. The Balaban J connectivity index is 2.72.